The molecule has 3 saturated heterocycles. The summed E-state index contributed by atoms with van der Waals surface area (Å²) in [5, 5.41) is 12.6. The highest BCUT2D eigenvalue weighted by atomic mass is 35.5. The van der Waals surface area contributed by atoms with Gasteiger partial charge in [0.1, 0.15) is 0 Å². The van der Waals surface area contributed by atoms with Crippen LogP contribution in [-0.2, 0) is 16.6 Å². The first kappa shape index (κ1) is 35.4. The number of amides is 1. The maximum Gasteiger partial charge on any atom is 0.273 e. The van der Waals surface area contributed by atoms with Gasteiger partial charge in [-0.25, -0.2) is 31.9 Å². The smallest absolute Gasteiger partial charge is 0.273 e. The molecule has 2 aromatic rings. The zero-order valence-corrected chi connectivity index (χ0v) is 28.3. The average Bonchev–Trinajstić information content (AvgIpc) is 3.47. The molecule has 4 heterocycles. The number of hydrogen-bond acceptors (Lipinski definition) is 11. The van der Waals surface area contributed by atoms with E-state index in [2.05, 4.69) is 36.7 Å². The Morgan fingerprint density at radius 3 is 2.47 bits per heavy atom. The van der Waals surface area contributed by atoms with E-state index in [1.165, 1.54) is 6.07 Å². The van der Waals surface area contributed by atoms with Gasteiger partial charge in [-0.2, -0.15) is 0 Å². The minimum Gasteiger partial charge on any atom is -0.391 e. The number of piperazine rings is 1. The van der Waals surface area contributed by atoms with E-state index in [-0.39, 0.29) is 41.5 Å². The van der Waals surface area contributed by atoms with Gasteiger partial charge < -0.3 is 26.0 Å². The molecular weight excluding hydrogens is 656 g/mol. The van der Waals surface area contributed by atoms with E-state index < -0.39 is 33.7 Å². The molecular formula is C30H44ClF2N9O4S. The van der Waals surface area contributed by atoms with Gasteiger partial charge in [0.25, 0.3) is 5.91 Å². The van der Waals surface area contributed by atoms with Gasteiger partial charge in [0.2, 0.25) is 10.0 Å². The molecule has 0 spiro atoms. The van der Waals surface area contributed by atoms with Crippen LogP contribution in [0.4, 0.5) is 26.1 Å². The third-order valence-corrected chi connectivity index (χ3v) is 10.2. The molecule has 260 valence electrons. The van der Waals surface area contributed by atoms with Crippen molar-refractivity contribution in [3.8, 4) is 0 Å². The van der Waals surface area contributed by atoms with Gasteiger partial charge in [0.15, 0.2) is 34.1 Å². The molecule has 47 heavy (non-hydrogen) atoms. The van der Waals surface area contributed by atoms with Crippen LogP contribution in [-0.4, -0.2) is 123 Å². The first-order valence-electron chi connectivity index (χ1n) is 16.0. The second-order valence-corrected chi connectivity index (χ2v) is 14.7. The molecule has 1 aromatic carbocycles. The second kappa shape index (κ2) is 15.1. The zero-order valence-electron chi connectivity index (χ0n) is 26.8. The van der Waals surface area contributed by atoms with Crippen LogP contribution in [0.1, 0.15) is 48.7 Å². The molecule has 0 aliphatic carbocycles. The van der Waals surface area contributed by atoms with Gasteiger partial charge in [0, 0.05) is 64.4 Å². The van der Waals surface area contributed by atoms with Crippen LogP contribution in [0.2, 0.25) is 5.15 Å². The molecule has 0 saturated carbocycles. The Balaban J connectivity index is 1.17. The van der Waals surface area contributed by atoms with E-state index in [1.807, 2.05) is 4.90 Å². The number of piperidine rings is 1. The summed E-state index contributed by atoms with van der Waals surface area (Å²) < 4.78 is 53.8. The van der Waals surface area contributed by atoms with Gasteiger partial charge in [-0.15, -0.1) is 0 Å². The predicted molar refractivity (Wildman–Crippen MR) is 177 cm³/mol. The monoisotopic (exact) mass is 699 g/mol. The largest absolute Gasteiger partial charge is 0.391 e. The first-order valence-corrected chi connectivity index (χ1v) is 18.3. The van der Waals surface area contributed by atoms with Crippen molar-refractivity contribution in [2.75, 3.05) is 80.7 Å². The molecule has 3 aliphatic heterocycles. The van der Waals surface area contributed by atoms with Crippen molar-refractivity contribution in [3.63, 3.8) is 0 Å². The maximum absolute atomic E-state index is 14.9. The number of aliphatic hydroxyl groups is 1. The first-order chi connectivity index (χ1) is 22.3. The lowest BCUT2D eigenvalue weighted by Gasteiger charge is -2.47. The van der Waals surface area contributed by atoms with Crippen LogP contribution in [0.3, 0.4) is 0 Å². The molecule has 0 bridgehead atoms. The normalized spacial score (nSPS) is 21.8. The van der Waals surface area contributed by atoms with Crippen LogP contribution in [0.25, 0.3) is 0 Å². The molecule has 2 atom stereocenters. The van der Waals surface area contributed by atoms with E-state index >= 15 is 0 Å². The van der Waals surface area contributed by atoms with Crippen molar-refractivity contribution < 1.29 is 27.1 Å². The summed E-state index contributed by atoms with van der Waals surface area (Å²) in [7, 11) is -3.38. The highest BCUT2D eigenvalue weighted by Crippen LogP contribution is 2.33. The Bertz CT molecular complexity index is 1550. The van der Waals surface area contributed by atoms with E-state index in [9.17, 15) is 27.1 Å². The van der Waals surface area contributed by atoms with Crippen molar-refractivity contribution in [1.82, 2.24) is 29.8 Å². The lowest BCUT2D eigenvalue weighted by Crippen LogP contribution is -2.58. The maximum atomic E-state index is 14.9. The Morgan fingerprint density at radius 1 is 1.06 bits per heavy atom. The number of carbonyl (C=O) groups excluding carboxylic acids is 1. The standard InChI is InChI=1S/C30H44ClF2N9O4S/c1-3-20-17-41(29-27(31)37-25(28(34)38-29)30(44)35-9-10-36-47(2,45)46)14-15-42(20)21-6-11-39(12-7-21)16-19-4-5-23(32)24(33)26(19)40-13-8-22(43)18-40/h4-5,20-22,36,43H,3,6-18H2,1-2H3,(H2,34,38)(H,35,44)/t20-,22+/m0/s1. The van der Waals surface area contributed by atoms with Gasteiger partial charge in [0.05, 0.1) is 18.0 Å². The fraction of sp³-hybridized carbons (Fsp3) is 0.633. The SMILES string of the molecule is CC[C@H]1CN(c2nc(N)c(C(=O)NCCNS(C)(=O)=O)nc2Cl)CCN1C1CCN(Cc2ccc(F)c(F)c2N2CC[C@@H](O)C2)CC1. The van der Waals surface area contributed by atoms with Gasteiger partial charge >= 0.3 is 0 Å². The topological polar surface area (TPSA) is 160 Å². The summed E-state index contributed by atoms with van der Waals surface area (Å²) in [5.41, 5.74) is 7.00. The number of benzene rings is 1. The summed E-state index contributed by atoms with van der Waals surface area (Å²) in [6.45, 7) is 7.25. The highest BCUT2D eigenvalue weighted by Gasteiger charge is 2.35. The number of hydrogen-bond donors (Lipinski definition) is 4. The second-order valence-electron chi connectivity index (χ2n) is 12.5. The van der Waals surface area contributed by atoms with Crippen molar-refractivity contribution in [1.29, 1.82) is 0 Å². The van der Waals surface area contributed by atoms with E-state index in [0.717, 1.165) is 50.7 Å². The lowest BCUT2D eigenvalue weighted by molar-refractivity contribution is 0.0610. The number of halogens is 3. The van der Waals surface area contributed by atoms with Crippen molar-refractivity contribution in [2.24, 2.45) is 0 Å². The zero-order chi connectivity index (χ0) is 33.9. The molecule has 17 heteroatoms. The van der Waals surface area contributed by atoms with Gasteiger partial charge in [-0.3, -0.25) is 14.6 Å². The van der Waals surface area contributed by atoms with Crippen molar-refractivity contribution in [3.05, 3.63) is 40.2 Å². The Hall–Kier alpha value is -2.89. The molecule has 0 radical (unpaired) electrons. The molecule has 3 aliphatic rings. The summed E-state index contributed by atoms with van der Waals surface area (Å²) in [4.78, 5) is 29.9. The summed E-state index contributed by atoms with van der Waals surface area (Å²) in [6, 6.07) is 3.44. The summed E-state index contributed by atoms with van der Waals surface area (Å²) in [5.74, 6) is -1.97. The van der Waals surface area contributed by atoms with Crippen LogP contribution >= 0.6 is 11.6 Å². The third kappa shape index (κ3) is 8.59. The molecule has 0 unspecified atom stereocenters. The van der Waals surface area contributed by atoms with Gasteiger partial charge in [-0.05, 0) is 50.4 Å². The van der Waals surface area contributed by atoms with E-state index in [4.69, 9.17) is 17.3 Å². The minimum absolute atomic E-state index is 0.0190. The number of nitrogens with zero attached hydrogens (tertiary/aromatic N) is 6. The van der Waals surface area contributed by atoms with Crippen molar-refractivity contribution >= 4 is 44.9 Å². The van der Waals surface area contributed by atoms with Crippen LogP contribution in [0.15, 0.2) is 12.1 Å². The number of carbonyl (C=O) groups is 1. The average molecular weight is 700 g/mol. The minimum atomic E-state index is -3.38. The van der Waals surface area contributed by atoms with E-state index in [1.54, 1.807) is 11.0 Å². The van der Waals surface area contributed by atoms with E-state index in [0.29, 0.717) is 51.0 Å². The summed E-state index contributed by atoms with van der Waals surface area (Å²) >= 11 is 6.52. The number of aliphatic hydroxyl groups excluding tert-OH is 1. The fourth-order valence-corrected chi connectivity index (χ4v) is 7.55. The number of aromatic nitrogens is 2. The number of sulfonamides is 1. The number of nitrogen functional groups attached to an aromatic ring is 1. The van der Waals surface area contributed by atoms with Crippen LogP contribution in [0.5, 0.6) is 0 Å². The molecule has 13 nitrogen and oxygen atoms in total. The Morgan fingerprint density at radius 2 is 1.81 bits per heavy atom. The third-order valence-electron chi connectivity index (χ3n) is 9.20. The van der Waals surface area contributed by atoms with Gasteiger partial charge in [-0.1, -0.05) is 24.6 Å². The number of likely N-dealkylation sites (tertiary alicyclic amines) is 1. The van der Waals surface area contributed by atoms with Crippen LogP contribution < -0.4 is 25.6 Å². The summed E-state index contributed by atoms with van der Waals surface area (Å²) in [6.07, 6.45) is 3.81. The fourth-order valence-electron chi connectivity index (χ4n) is 6.83. The molecule has 1 amide bonds. The quantitative estimate of drug-likeness (QED) is 0.251. The number of nitrogens with two attached hydrogens (primary N) is 1. The molecule has 1 aromatic heterocycles. The highest BCUT2D eigenvalue weighted by molar-refractivity contribution is 7.88. The number of nitrogens with one attached hydrogen (secondary N) is 2. The number of rotatable bonds is 11. The molecule has 5 N–H and O–H groups in total. The number of β-amino-alcohol motifs (C(OH)–C–C–N with tert-alkyl or cyclic N) is 1. The predicted octanol–water partition coefficient (Wildman–Crippen LogP) is 1.41. The van der Waals surface area contributed by atoms with Crippen molar-refractivity contribution in [2.45, 2.75) is 57.3 Å². The molecule has 5 rings (SSSR count). The Kier molecular flexibility index (Phi) is 11.4. The lowest BCUT2D eigenvalue weighted by atomic mass is 9.97. The Labute approximate surface area is 279 Å². The number of anilines is 3. The molecule has 3 fully saturated rings. The van der Waals surface area contributed by atoms with Crippen LogP contribution in [0, 0.1) is 11.6 Å².